The molecule has 28 heavy (non-hydrogen) atoms. The van der Waals surface area contributed by atoms with Crippen LogP contribution in [0.25, 0.3) is 0 Å². The van der Waals surface area contributed by atoms with Crippen LogP contribution < -0.4 is 5.32 Å². The number of rotatable bonds is 7. The summed E-state index contributed by atoms with van der Waals surface area (Å²) in [6, 6.07) is 9.99. The third-order valence-corrected chi connectivity index (χ3v) is 4.85. The van der Waals surface area contributed by atoms with E-state index in [4.69, 9.17) is 4.74 Å². The zero-order valence-electron chi connectivity index (χ0n) is 16.6. The molecule has 0 saturated heterocycles. The van der Waals surface area contributed by atoms with Gasteiger partial charge in [-0.15, -0.1) is 0 Å². The van der Waals surface area contributed by atoms with Gasteiger partial charge in [-0.25, -0.2) is 9.37 Å². The third kappa shape index (κ3) is 4.85. The molecule has 1 N–H and O–H groups in total. The molecule has 0 saturated carbocycles. The summed E-state index contributed by atoms with van der Waals surface area (Å²) in [7, 11) is 0. The molecule has 1 unspecified atom stereocenters. The van der Waals surface area contributed by atoms with Crippen LogP contribution in [0.5, 0.6) is 0 Å². The molecule has 146 valence electrons. The second-order valence-electron chi connectivity index (χ2n) is 7.16. The molecule has 2 aromatic heterocycles. The van der Waals surface area contributed by atoms with E-state index in [0.717, 1.165) is 23.6 Å². The normalized spacial score (nSPS) is 17.6. The Morgan fingerprint density at radius 1 is 1.39 bits per heavy atom. The molecular formula is C23H26FN3O. The van der Waals surface area contributed by atoms with E-state index in [1.165, 1.54) is 5.56 Å². The second kappa shape index (κ2) is 8.83. The summed E-state index contributed by atoms with van der Waals surface area (Å²) in [5, 5.41) is 3.45. The number of anilines is 1. The van der Waals surface area contributed by atoms with Gasteiger partial charge in [-0.1, -0.05) is 37.8 Å². The molecule has 4 nitrogen and oxygen atoms in total. The molecule has 3 rings (SSSR count). The molecule has 0 aliphatic carbocycles. The zero-order chi connectivity index (χ0) is 20.1. The van der Waals surface area contributed by atoms with Crippen molar-refractivity contribution in [2.45, 2.75) is 39.8 Å². The Morgan fingerprint density at radius 2 is 2.21 bits per heavy atom. The van der Waals surface area contributed by atoms with Crippen LogP contribution in [0.1, 0.15) is 30.8 Å². The van der Waals surface area contributed by atoms with E-state index in [0.29, 0.717) is 5.57 Å². The highest BCUT2D eigenvalue weighted by atomic mass is 19.1. The van der Waals surface area contributed by atoms with Crippen molar-refractivity contribution in [1.29, 1.82) is 0 Å². The number of nitrogens with one attached hydrogen (secondary N) is 1. The van der Waals surface area contributed by atoms with Crippen LogP contribution in [0.4, 0.5) is 10.2 Å². The Kier molecular flexibility index (Phi) is 6.24. The number of aryl methyl sites for hydroxylation is 1. The molecule has 0 fully saturated rings. The first-order valence-electron chi connectivity index (χ1n) is 9.43. The van der Waals surface area contributed by atoms with Gasteiger partial charge in [0.25, 0.3) is 0 Å². The standard InChI is InChI=1S/C23H26FN3O/c1-15(21-13-19-8-6-12-25-23(19)27-21)10-11-16(2)22(18(4)24)28-14-20-9-5-7-17(3)26-20/h5-12,15,21H,4,13-14H2,1-3H3,(H,25,27)/b11-10+,22-16-/t15-,21?/m0/s1. The molecule has 0 amide bonds. The third-order valence-electron chi connectivity index (χ3n) is 4.85. The van der Waals surface area contributed by atoms with E-state index < -0.39 is 5.83 Å². The van der Waals surface area contributed by atoms with Gasteiger partial charge in [0.1, 0.15) is 12.4 Å². The SMILES string of the molecule is C=C(F)/C(OCc1cccc(C)n1)=C(C)/C=C/[C@H](C)C1Cc2cccnc2N1. The molecular weight excluding hydrogens is 353 g/mol. The Labute approximate surface area is 165 Å². The average molecular weight is 379 g/mol. The quantitative estimate of drug-likeness (QED) is 0.525. The first-order valence-corrected chi connectivity index (χ1v) is 9.43. The number of halogens is 1. The summed E-state index contributed by atoms with van der Waals surface area (Å²) in [6.45, 7) is 9.48. The number of hydrogen-bond donors (Lipinski definition) is 1. The minimum atomic E-state index is -0.585. The molecule has 1 aliphatic rings. The van der Waals surface area contributed by atoms with Crippen molar-refractivity contribution >= 4 is 5.82 Å². The maximum absolute atomic E-state index is 14.0. The Hall–Kier alpha value is -2.95. The number of nitrogens with zero attached hydrogens (tertiary/aromatic N) is 2. The van der Waals surface area contributed by atoms with Crippen LogP contribution in [0.3, 0.4) is 0 Å². The predicted octanol–water partition coefficient (Wildman–Crippen LogP) is 5.29. The van der Waals surface area contributed by atoms with Crippen LogP contribution in [-0.2, 0) is 17.8 Å². The van der Waals surface area contributed by atoms with Crippen molar-refractivity contribution in [3.8, 4) is 0 Å². The number of allylic oxidation sites excluding steroid dienone is 3. The minimum Gasteiger partial charge on any atom is -0.484 e. The number of fused-ring (bicyclic) bond motifs is 1. The van der Waals surface area contributed by atoms with Crippen molar-refractivity contribution in [3.05, 3.63) is 89.4 Å². The van der Waals surface area contributed by atoms with Crippen LogP contribution >= 0.6 is 0 Å². The maximum atomic E-state index is 14.0. The minimum absolute atomic E-state index is 0.163. The highest BCUT2D eigenvalue weighted by Gasteiger charge is 2.24. The lowest BCUT2D eigenvalue weighted by molar-refractivity contribution is 0.190. The lowest BCUT2D eigenvalue weighted by atomic mass is 9.97. The summed E-state index contributed by atoms with van der Waals surface area (Å²) >= 11 is 0. The van der Waals surface area contributed by atoms with Gasteiger partial charge in [-0.2, -0.15) is 0 Å². The molecule has 0 aromatic carbocycles. The van der Waals surface area contributed by atoms with Crippen molar-refractivity contribution in [3.63, 3.8) is 0 Å². The van der Waals surface area contributed by atoms with Crippen molar-refractivity contribution < 1.29 is 9.13 Å². The van der Waals surface area contributed by atoms with E-state index in [2.05, 4.69) is 40.9 Å². The van der Waals surface area contributed by atoms with Gasteiger partial charge in [0.05, 0.1) is 5.69 Å². The van der Waals surface area contributed by atoms with E-state index in [1.807, 2.05) is 44.2 Å². The molecule has 2 aromatic rings. The zero-order valence-corrected chi connectivity index (χ0v) is 16.6. The monoisotopic (exact) mass is 379 g/mol. The fraction of sp³-hybridized carbons (Fsp3) is 0.304. The van der Waals surface area contributed by atoms with Crippen LogP contribution in [0.15, 0.2) is 72.4 Å². The summed E-state index contributed by atoms with van der Waals surface area (Å²) in [5.41, 5.74) is 3.58. The second-order valence-corrected chi connectivity index (χ2v) is 7.16. The summed E-state index contributed by atoms with van der Waals surface area (Å²) in [5.74, 6) is 0.776. The van der Waals surface area contributed by atoms with Gasteiger partial charge >= 0.3 is 0 Å². The number of hydrogen-bond acceptors (Lipinski definition) is 4. The summed E-state index contributed by atoms with van der Waals surface area (Å²) in [6.07, 6.45) is 6.68. The number of ether oxygens (including phenoxy) is 1. The van der Waals surface area contributed by atoms with Crippen molar-refractivity contribution in [2.24, 2.45) is 5.92 Å². The predicted molar refractivity (Wildman–Crippen MR) is 110 cm³/mol. The first-order chi connectivity index (χ1) is 13.4. The first kappa shape index (κ1) is 19.8. The fourth-order valence-electron chi connectivity index (χ4n) is 3.25. The molecule has 3 heterocycles. The van der Waals surface area contributed by atoms with Gasteiger partial charge in [-0.3, -0.25) is 4.98 Å². The van der Waals surface area contributed by atoms with Crippen LogP contribution in [0, 0.1) is 12.8 Å². The molecule has 0 bridgehead atoms. The van der Waals surface area contributed by atoms with E-state index in [-0.39, 0.29) is 24.3 Å². The largest absolute Gasteiger partial charge is 0.484 e. The number of pyridine rings is 2. The lowest BCUT2D eigenvalue weighted by Crippen LogP contribution is -2.23. The number of aromatic nitrogens is 2. The van der Waals surface area contributed by atoms with E-state index in [1.54, 1.807) is 6.20 Å². The van der Waals surface area contributed by atoms with Gasteiger partial charge in [0.2, 0.25) is 0 Å². The molecule has 2 atom stereocenters. The summed E-state index contributed by atoms with van der Waals surface area (Å²) < 4.78 is 19.6. The van der Waals surface area contributed by atoms with Gasteiger partial charge in [0, 0.05) is 17.9 Å². The van der Waals surface area contributed by atoms with Crippen LogP contribution in [0.2, 0.25) is 0 Å². The Morgan fingerprint density at radius 3 is 2.93 bits per heavy atom. The van der Waals surface area contributed by atoms with E-state index >= 15 is 0 Å². The molecule has 1 aliphatic heterocycles. The van der Waals surface area contributed by atoms with Gasteiger partial charge < -0.3 is 10.1 Å². The topological polar surface area (TPSA) is 47.0 Å². The van der Waals surface area contributed by atoms with Crippen molar-refractivity contribution in [1.82, 2.24) is 9.97 Å². The highest BCUT2D eigenvalue weighted by molar-refractivity contribution is 5.50. The van der Waals surface area contributed by atoms with Crippen LogP contribution in [-0.4, -0.2) is 16.0 Å². The Bertz CT molecular complexity index is 895. The molecule has 0 spiro atoms. The Balaban J connectivity index is 1.65. The molecule has 5 heteroatoms. The average Bonchev–Trinajstić information content (AvgIpc) is 3.10. The van der Waals surface area contributed by atoms with Gasteiger partial charge in [-0.05, 0) is 55.5 Å². The summed E-state index contributed by atoms with van der Waals surface area (Å²) in [4.78, 5) is 8.74. The van der Waals surface area contributed by atoms with E-state index in [9.17, 15) is 4.39 Å². The highest BCUT2D eigenvalue weighted by Crippen LogP contribution is 2.27. The molecule has 0 radical (unpaired) electrons. The lowest BCUT2D eigenvalue weighted by Gasteiger charge is -2.16. The fourth-order valence-corrected chi connectivity index (χ4v) is 3.25. The smallest absolute Gasteiger partial charge is 0.158 e. The maximum Gasteiger partial charge on any atom is 0.158 e. The van der Waals surface area contributed by atoms with Gasteiger partial charge in [0.15, 0.2) is 11.6 Å². The van der Waals surface area contributed by atoms with Crippen molar-refractivity contribution in [2.75, 3.05) is 5.32 Å².